The predicted molar refractivity (Wildman–Crippen MR) is 54.3 cm³/mol. The molecule has 62 valence electrons. The van der Waals surface area contributed by atoms with Crippen LogP contribution in [0.3, 0.4) is 0 Å². The lowest BCUT2D eigenvalue weighted by Gasteiger charge is -2.01. The minimum atomic E-state index is 0.649. The van der Waals surface area contributed by atoms with E-state index in [2.05, 4.69) is 23.1 Å². The largest absolute Gasteiger partial charge is 0.343 e. The molecule has 1 aromatic heterocycles. The average Bonchev–Trinajstić information content (AvgIpc) is 2.09. The molecular formula is C9H10N2S. The second-order valence-corrected chi connectivity index (χ2v) is 2.77. The van der Waals surface area contributed by atoms with Crippen LogP contribution in [0.15, 0.2) is 13.2 Å². The Kier molecular flexibility index (Phi) is 2.55. The fraction of sp³-hybridized carbons (Fsp3) is 0.111. The van der Waals surface area contributed by atoms with Crippen LogP contribution < -0.4 is 0 Å². The molecule has 3 heteroatoms. The quantitative estimate of drug-likeness (QED) is 0.705. The maximum absolute atomic E-state index is 5.01. The van der Waals surface area contributed by atoms with Crippen molar-refractivity contribution in [2.75, 3.05) is 0 Å². The Morgan fingerprint density at radius 2 is 2.08 bits per heavy atom. The minimum Gasteiger partial charge on any atom is -0.343 e. The van der Waals surface area contributed by atoms with Gasteiger partial charge in [0.2, 0.25) is 0 Å². The number of nitrogens with one attached hydrogen (secondary N) is 1. The smallest absolute Gasteiger partial charge is 0.125 e. The third-order valence-corrected chi connectivity index (χ3v) is 1.94. The zero-order valence-electron chi connectivity index (χ0n) is 6.92. The first kappa shape index (κ1) is 8.87. The molecule has 0 radical (unpaired) electrons. The van der Waals surface area contributed by atoms with Gasteiger partial charge in [0.1, 0.15) is 4.64 Å². The van der Waals surface area contributed by atoms with Gasteiger partial charge < -0.3 is 4.98 Å². The highest BCUT2D eigenvalue weighted by molar-refractivity contribution is 7.71. The van der Waals surface area contributed by atoms with Crippen molar-refractivity contribution in [1.29, 1.82) is 0 Å². The van der Waals surface area contributed by atoms with E-state index in [1.54, 1.807) is 12.2 Å². The van der Waals surface area contributed by atoms with Crippen molar-refractivity contribution >= 4 is 24.4 Å². The zero-order chi connectivity index (χ0) is 9.14. The summed E-state index contributed by atoms with van der Waals surface area (Å²) in [5.74, 6) is 0. The molecule has 1 N–H and O–H groups in total. The summed E-state index contributed by atoms with van der Waals surface area (Å²) in [6.07, 6.45) is 3.36. The van der Waals surface area contributed by atoms with E-state index in [0.717, 1.165) is 17.1 Å². The van der Waals surface area contributed by atoms with Gasteiger partial charge >= 0.3 is 0 Å². The van der Waals surface area contributed by atoms with Crippen LogP contribution in [0.5, 0.6) is 0 Å². The van der Waals surface area contributed by atoms with E-state index >= 15 is 0 Å². The molecule has 0 aliphatic rings. The fourth-order valence-electron chi connectivity index (χ4n) is 0.880. The Balaban J connectivity index is 3.48. The number of rotatable bonds is 2. The van der Waals surface area contributed by atoms with E-state index in [4.69, 9.17) is 12.2 Å². The number of aromatic nitrogens is 2. The van der Waals surface area contributed by atoms with E-state index in [1.165, 1.54) is 0 Å². The highest BCUT2D eigenvalue weighted by Gasteiger charge is 1.98. The normalized spacial score (nSPS) is 9.42. The van der Waals surface area contributed by atoms with Gasteiger partial charge in [-0.15, -0.1) is 0 Å². The van der Waals surface area contributed by atoms with Crippen LogP contribution in [0, 0.1) is 11.6 Å². The molecule has 0 atom stereocenters. The van der Waals surface area contributed by atoms with Crippen molar-refractivity contribution in [3.63, 3.8) is 0 Å². The van der Waals surface area contributed by atoms with Gasteiger partial charge in [-0.1, -0.05) is 25.4 Å². The number of hydrogen-bond donors (Lipinski definition) is 1. The van der Waals surface area contributed by atoms with Crippen molar-refractivity contribution < 1.29 is 0 Å². The van der Waals surface area contributed by atoms with Crippen LogP contribution in [0.25, 0.3) is 12.2 Å². The molecule has 0 saturated carbocycles. The molecule has 0 spiro atoms. The Hall–Kier alpha value is -1.22. The fourth-order valence-corrected chi connectivity index (χ4v) is 1.04. The van der Waals surface area contributed by atoms with Crippen LogP contribution >= 0.6 is 12.2 Å². The molecule has 1 aromatic rings. The lowest BCUT2D eigenvalue weighted by molar-refractivity contribution is 1.07. The molecular weight excluding hydrogens is 168 g/mol. The van der Waals surface area contributed by atoms with Crippen molar-refractivity contribution in [3.05, 3.63) is 34.9 Å². The summed E-state index contributed by atoms with van der Waals surface area (Å²) in [4.78, 5) is 7.25. The van der Waals surface area contributed by atoms with Gasteiger partial charge in [-0.3, -0.25) is 0 Å². The molecule has 0 aliphatic heterocycles. The summed E-state index contributed by atoms with van der Waals surface area (Å²) in [5, 5.41) is 0. The molecule has 12 heavy (non-hydrogen) atoms. The van der Waals surface area contributed by atoms with Crippen LogP contribution in [0.1, 0.15) is 17.1 Å². The maximum atomic E-state index is 5.01. The Bertz CT molecular complexity index is 377. The van der Waals surface area contributed by atoms with Crippen LogP contribution in [-0.4, -0.2) is 9.97 Å². The summed E-state index contributed by atoms with van der Waals surface area (Å²) in [5.41, 5.74) is 2.42. The van der Waals surface area contributed by atoms with E-state index in [0.29, 0.717) is 4.64 Å². The first-order chi connectivity index (χ1) is 5.69. The predicted octanol–water partition coefficient (Wildman–Crippen LogP) is 2.73. The SMILES string of the molecule is C=Cc1nc(C)c(=S)[nH]c1C=C. The molecule has 0 aliphatic carbocycles. The highest BCUT2D eigenvalue weighted by Crippen LogP contribution is 2.07. The van der Waals surface area contributed by atoms with E-state index in [9.17, 15) is 0 Å². The van der Waals surface area contributed by atoms with Crippen molar-refractivity contribution in [1.82, 2.24) is 9.97 Å². The van der Waals surface area contributed by atoms with Gasteiger partial charge in [-0.05, 0) is 19.1 Å². The van der Waals surface area contributed by atoms with Crippen LogP contribution in [0.2, 0.25) is 0 Å². The molecule has 2 nitrogen and oxygen atoms in total. The van der Waals surface area contributed by atoms with Crippen molar-refractivity contribution in [2.45, 2.75) is 6.92 Å². The second kappa shape index (κ2) is 3.45. The first-order valence-electron chi connectivity index (χ1n) is 3.55. The zero-order valence-corrected chi connectivity index (χ0v) is 7.74. The maximum Gasteiger partial charge on any atom is 0.125 e. The lowest BCUT2D eigenvalue weighted by atomic mass is 10.3. The van der Waals surface area contributed by atoms with Crippen molar-refractivity contribution in [2.24, 2.45) is 0 Å². The molecule has 0 fully saturated rings. The number of aromatic amines is 1. The summed E-state index contributed by atoms with van der Waals surface area (Å²) in [7, 11) is 0. The summed E-state index contributed by atoms with van der Waals surface area (Å²) < 4.78 is 0.649. The number of hydrogen-bond acceptors (Lipinski definition) is 2. The van der Waals surface area contributed by atoms with E-state index in [1.807, 2.05) is 6.92 Å². The Morgan fingerprint density at radius 3 is 2.58 bits per heavy atom. The topological polar surface area (TPSA) is 28.7 Å². The lowest BCUT2D eigenvalue weighted by Crippen LogP contribution is -1.95. The minimum absolute atomic E-state index is 0.649. The average molecular weight is 178 g/mol. The summed E-state index contributed by atoms with van der Waals surface area (Å²) >= 11 is 5.01. The molecule has 0 bridgehead atoms. The van der Waals surface area contributed by atoms with Gasteiger partial charge in [-0.2, -0.15) is 0 Å². The van der Waals surface area contributed by atoms with Crippen LogP contribution in [-0.2, 0) is 0 Å². The van der Waals surface area contributed by atoms with Gasteiger partial charge in [0.25, 0.3) is 0 Å². The van der Waals surface area contributed by atoms with Gasteiger partial charge in [0.05, 0.1) is 17.1 Å². The molecule has 0 amide bonds. The van der Waals surface area contributed by atoms with E-state index < -0.39 is 0 Å². The van der Waals surface area contributed by atoms with Gasteiger partial charge in [0, 0.05) is 0 Å². The Labute approximate surface area is 76.7 Å². The third kappa shape index (κ3) is 1.51. The second-order valence-electron chi connectivity index (χ2n) is 2.36. The summed E-state index contributed by atoms with van der Waals surface area (Å²) in [6, 6.07) is 0. The molecule has 0 saturated heterocycles. The standard InChI is InChI=1S/C9H10N2S/c1-4-7-8(5-2)11-9(12)6(3)10-7/h4-5H,1-2H2,3H3,(H,11,12). The molecule has 1 heterocycles. The monoisotopic (exact) mass is 178 g/mol. The number of H-pyrrole nitrogens is 1. The van der Waals surface area contributed by atoms with E-state index in [-0.39, 0.29) is 0 Å². The first-order valence-corrected chi connectivity index (χ1v) is 3.95. The third-order valence-electron chi connectivity index (χ3n) is 1.54. The molecule has 0 aromatic carbocycles. The molecule has 0 unspecified atom stereocenters. The van der Waals surface area contributed by atoms with Crippen LogP contribution in [0.4, 0.5) is 0 Å². The number of nitrogens with zero attached hydrogens (tertiary/aromatic N) is 1. The number of aryl methyl sites for hydroxylation is 1. The Morgan fingerprint density at radius 1 is 1.42 bits per heavy atom. The summed E-state index contributed by atoms with van der Waals surface area (Å²) in [6.45, 7) is 9.15. The van der Waals surface area contributed by atoms with Crippen molar-refractivity contribution in [3.8, 4) is 0 Å². The van der Waals surface area contributed by atoms with Gasteiger partial charge in [-0.25, -0.2) is 4.98 Å². The highest BCUT2D eigenvalue weighted by atomic mass is 32.1. The van der Waals surface area contributed by atoms with Gasteiger partial charge in [0.15, 0.2) is 0 Å². The molecule has 1 rings (SSSR count).